The molecule has 0 aliphatic carbocycles. The third-order valence-electron chi connectivity index (χ3n) is 4.31. The lowest BCUT2D eigenvalue weighted by atomic mass is 10.0. The smallest absolute Gasteiger partial charge is 0.305 e. The Morgan fingerprint density at radius 3 is 1.70 bits per heavy atom. The van der Waals surface area contributed by atoms with E-state index in [1.165, 1.54) is 77.7 Å². The topological polar surface area (TPSA) is 26.3 Å². The van der Waals surface area contributed by atoms with Crippen molar-refractivity contribution in [3.05, 3.63) is 0 Å². The second kappa shape index (κ2) is 17.3. The van der Waals surface area contributed by atoms with Gasteiger partial charge in [-0.05, 0) is 19.3 Å². The molecule has 0 rings (SSSR count). The Labute approximate surface area is 160 Å². The van der Waals surface area contributed by atoms with Crippen molar-refractivity contribution < 1.29 is 9.53 Å². The quantitative estimate of drug-likeness (QED) is 0.140. The molecule has 0 aliphatic heterocycles. The number of methoxy groups -OCH3 is 1. The minimum absolute atomic E-state index is 0.0812. The molecule has 0 amide bonds. The summed E-state index contributed by atoms with van der Waals surface area (Å²) in [5, 5.41) is 0. The summed E-state index contributed by atoms with van der Waals surface area (Å²) in [5.74, 6) is -0.0812. The van der Waals surface area contributed by atoms with Crippen molar-refractivity contribution in [1.82, 2.24) is 0 Å². The number of carbonyl (C=O) groups is 1. The highest BCUT2D eigenvalue weighted by molar-refractivity contribution is 9.12. The summed E-state index contributed by atoms with van der Waals surface area (Å²) in [4.78, 5) is 12.2. The number of rotatable bonds is 16. The van der Waals surface area contributed by atoms with Crippen LogP contribution in [0.25, 0.3) is 0 Å². The Morgan fingerprint density at radius 1 is 0.783 bits per heavy atom. The summed E-state index contributed by atoms with van der Waals surface area (Å²) in [5.41, 5.74) is 0. The normalized spacial score (nSPS) is 13.7. The molecule has 2 atom stereocenters. The molecule has 0 unspecified atom stereocenters. The van der Waals surface area contributed by atoms with Gasteiger partial charge in [-0.25, -0.2) is 0 Å². The van der Waals surface area contributed by atoms with Crippen LogP contribution in [0.1, 0.15) is 96.8 Å². The van der Waals surface area contributed by atoms with E-state index in [-0.39, 0.29) is 5.97 Å². The van der Waals surface area contributed by atoms with Crippen LogP contribution in [0.5, 0.6) is 0 Å². The van der Waals surface area contributed by atoms with Gasteiger partial charge < -0.3 is 4.74 Å². The van der Waals surface area contributed by atoms with Crippen molar-refractivity contribution in [2.75, 3.05) is 7.11 Å². The van der Waals surface area contributed by atoms with E-state index < -0.39 is 0 Å². The number of alkyl halides is 2. The molecule has 23 heavy (non-hydrogen) atoms. The molecule has 0 fully saturated rings. The van der Waals surface area contributed by atoms with Crippen LogP contribution in [0.3, 0.4) is 0 Å². The minimum atomic E-state index is -0.0812. The Hall–Kier alpha value is 0.430. The van der Waals surface area contributed by atoms with E-state index in [1.807, 2.05) is 0 Å². The molecule has 2 nitrogen and oxygen atoms in total. The zero-order valence-corrected chi connectivity index (χ0v) is 18.3. The van der Waals surface area contributed by atoms with Crippen LogP contribution in [0.2, 0.25) is 0 Å². The van der Waals surface area contributed by atoms with Crippen molar-refractivity contribution >= 4 is 37.8 Å². The van der Waals surface area contributed by atoms with Crippen molar-refractivity contribution in [3.63, 3.8) is 0 Å². The number of unbranched alkanes of at least 4 members (excludes halogenated alkanes) is 9. The van der Waals surface area contributed by atoms with Crippen LogP contribution in [-0.2, 0) is 9.53 Å². The van der Waals surface area contributed by atoms with Gasteiger partial charge in [0.15, 0.2) is 0 Å². The fraction of sp³-hybridized carbons (Fsp3) is 0.947. The number of ether oxygens (including phenoxy) is 1. The minimum Gasteiger partial charge on any atom is -0.469 e. The van der Waals surface area contributed by atoms with Gasteiger partial charge in [0.1, 0.15) is 0 Å². The lowest BCUT2D eigenvalue weighted by Gasteiger charge is -2.16. The first-order chi connectivity index (χ1) is 11.1. The lowest BCUT2D eigenvalue weighted by Crippen LogP contribution is -2.13. The maximum Gasteiger partial charge on any atom is 0.305 e. The third kappa shape index (κ3) is 15.7. The van der Waals surface area contributed by atoms with Crippen LogP contribution in [0, 0.1) is 0 Å². The van der Waals surface area contributed by atoms with Gasteiger partial charge in [0.25, 0.3) is 0 Å². The van der Waals surface area contributed by atoms with Crippen molar-refractivity contribution in [2.24, 2.45) is 0 Å². The summed E-state index contributed by atoms with van der Waals surface area (Å²) in [6, 6.07) is 0. The van der Waals surface area contributed by atoms with E-state index in [4.69, 9.17) is 0 Å². The van der Waals surface area contributed by atoms with Crippen molar-refractivity contribution in [3.8, 4) is 0 Å². The van der Waals surface area contributed by atoms with Crippen LogP contribution in [0.4, 0.5) is 0 Å². The van der Waals surface area contributed by atoms with Crippen LogP contribution in [0.15, 0.2) is 0 Å². The van der Waals surface area contributed by atoms with E-state index in [9.17, 15) is 4.79 Å². The zero-order chi connectivity index (χ0) is 17.3. The van der Waals surface area contributed by atoms with Crippen molar-refractivity contribution in [2.45, 2.75) is 106 Å². The molecule has 138 valence electrons. The molecule has 0 aromatic carbocycles. The lowest BCUT2D eigenvalue weighted by molar-refractivity contribution is -0.140. The van der Waals surface area contributed by atoms with Gasteiger partial charge >= 0.3 is 5.97 Å². The van der Waals surface area contributed by atoms with Crippen molar-refractivity contribution in [1.29, 1.82) is 0 Å². The fourth-order valence-corrected chi connectivity index (χ4v) is 3.90. The van der Waals surface area contributed by atoms with Gasteiger partial charge in [0.05, 0.1) is 7.11 Å². The third-order valence-corrected chi connectivity index (χ3v) is 7.22. The maximum atomic E-state index is 11.0. The number of hydrogen-bond donors (Lipinski definition) is 0. The molecular formula is C19H36Br2O2. The molecule has 0 N–H and O–H groups in total. The molecule has 0 aromatic rings. The molecule has 0 heterocycles. The summed E-state index contributed by atoms with van der Waals surface area (Å²) in [6.07, 6.45) is 17.2. The SMILES string of the molecule is CCCCCCCC[C@H](Br)[C@@H](Br)CCCCCCCC(=O)OC. The van der Waals surface area contributed by atoms with Gasteiger partial charge in [-0.15, -0.1) is 0 Å². The van der Waals surface area contributed by atoms with E-state index in [1.54, 1.807) is 0 Å². The monoisotopic (exact) mass is 454 g/mol. The first-order valence-electron chi connectivity index (χ1n) is 9.46. The molecule has 0 radical (unpaired) electrons. The van der Waals surface area contributed by atoms with E-state index in [0.29, 0.717) is 16.1 Å². The number of esters is 1. The highest BCUT2D eigenvalue weighted by Crippen LogP contribution is 2.25. The van der Waals surface area contributed by atoms with Crippen LogP contribution in [-0.4, -0.2) is 22.7 Å². The largest absolute Gasteiger partial charge is 0.469 e. The average Bonchev–Trinajstić information content (AvgIpc) is 2.56. The number of carbonyl (C=O) groups excluding carboxylic acids is 1. The second-order valence-electron chi connectivity index (χ2n) is 6.47. The fourth-order valence-electron chi connectivity index (χ4n) is 2.72. The zero-order valence-electron chi connectivity index (χ0n) is 15.1. The Bertz CT molecular complexity index is 272. The van der Waals surface area contributed by atoms with E-state index in [2.05, 4.69) is 43.5 Å². The van der Waals surface area contributed by atoms with Gasteiger partial charge in [0, 0.05) is 16.1 Å². The van der Waals surface area contributed by atoms with Crippen LogP contribution >= 0.6 is 31.9 Å². The van der Waals surface area contributed by atoms with E-state index in [0.717, 1.165) is 12.8 Å². The Kier molecular flexibility index (Phi) is 17.6. The van der Waals surface area contributed by atoms with Gasteiger partial charge in [0.2, 0.25) is 0 Å². The number of hydrogen-bond acceptors (Lipinski definition) is 2. The summed E-state index contributed by atoms with van der Waals surface area (Å²) in [7, 11) is 1.46. The number of halogens is 2. The molecule has 0 spiro atoms. The molecule has 0 aromatic heterocycles. The molecular weight excluding hydrogens is 420 g/mol. The second-order valence-corrected chi connectivity index (χ2v) is 8.82. The molecule has 0 saturated heterocycles. The first-order valence-corrected chi connectivity index (χ1v) is 11.3. The molecule has 0 saturated carbocycles. The molecule has 0 bridgehead atoms. The first kappa shape index (κ1) is 23.4. The van der Waals surface area contributed by atoms with E-state index >= 15 is 0 Å². The summed E-state index contributed by atoms with van der Waals surface area (Å²) in [6.45, 7) is 2.27. The van der Waals surface area contributed by atoms with Gasteiger partial charge in [-0.1, -0.05) is 103 Å². The maximum absolute atomic E-state index is 11.0. The van der Waals surface area contributed by atoms with Crippen LogP contribution < -0.4 is 0 Å². The van der Waals surface area contributed by atoms with Gasteiger partial charge in [-0.3, -0.25) is 4.79 Å². The van der Waals surface area contributed by atoms with Gasteiger partial charge in [-0.2, -0.15) is 0 Å². The highest BCUT2D eigenvalue weighted by Gasteiger charge is 2.14. The standard InChI is InChI=1S/C19H36Br2O2/c1-3-4-5-6-8-11-14-17(20)18(21)15-12-9-7-10-13-16-19(22)23-2/h17-18H,3-16H2,1-2H3/t17-,18-/m0/s1. The summed E-state index contributed by atoms with van der Waals surface area (Å²) < 4.78 is 4.64. The predicted octanol–water partition coefficient (Wildman–Crippen LogP) is 7.17. The highest BCUT2D eigenvalue weighted by atomic mass is 79.9. The molecule has 0 aliphatic rings. The Balaban J connectivity index is 3.40. The predicted molar refractivity (Wildman–Crippen MR) is 108 cm³/mol. The average molecular weight is 456 g/mol. The Morgan fingerprint density at radius 2 is 1.22 bits per heavy atom. The molecule has 4 heteroatoms. The summed E-state index contributed by atoms with van der Waals surface area (Å²) >= 11 is 7.69.